The van der Waals surface area contributed by atoms with Crippen molar-refractivity contribution in [2.24, 2.45) is 0 Å². The van der Waals surface area contributed by atoms with Gasteiger partial charge in [0, 0.05) is 23.8 Å². The van der Waals surface area contributed by atoms with Crippen LogP contribution in [0.15, 0.2) is 48.5 Å². The summed E-state index contributed by atoms with van der Waals surface area (Å²) in [4.78, 5) is 19.0. The van der Waals surface area contributed by atoms with Gasteiger partial charge < -0.3 is 15.7 Å². The third-order valence-electron chi connectivity index (χ3n) is 3.45. The van der Waals surface area contributed by atoms with Gasteiger partial charge >= 0.3 is 5.97 Å². The van der Waals surface area contributed by atoms with Gasteiger partial charge in [0.15, 0.2) is 11.6 Å². The molecule has 2 aromatic carbocycles. The van der Waals surface area contributed by atoms with Crippen LogP contribution >= 0.6 is 0 Å². The first-order valence-corrected chi connectivity index (χ1v) is 7.74. The molecule has 0 atom stereocenters. The van der Waals surface area contributed by atoms with Crippen molar-refractivity contribution in [1.82, 2.24) is 9.97 Å². The number of anilines is 3. The molecule has 0 unspecified atom stereocenters. The van der Waals surface area contributed by atoms with Crippen LogP contribution in [0.3, 0.4) is 0 Å². The topological polar surface area (TPSA) is 87.1 Å². The number of hydrogen-bond acceptors (Lipinski definition) is 5. The highest BCUT2D eigenvalue weighted by Gasteiger charge is 2.14. The van der Waals surface area contributed by atoms with Gasteiger partial charge in [0.25, 0.3) is 0 Å². The molecule has 0 bridgehead atoms. The molecule has 27 heavy (non-hydrogen) atoms. The summed E-state index contributed by atoms with van der Waals surface area (Å²) in [5, 5.41) is 13.8. The zero-order valence-corrected chi connectivity index (χ0v) is 13.7. The highest BCUT2D eigenvalue weighted by atomic mass is 19.1. The molecule has 1 heterocycles. The fourth-order valence-corrected chi connectivity index (χ4v) is 2.29. The van der Waals surface area contributed by atoms with Crippen LogP contribution < -0.4 is 10.6 Å². The van der Waals surface area contributed by atoms with Gasteiger partial charge in [-0.1, -0.05) is 30.3 Å². The summed E-state index contributed by atoms with van der Waals surface area (Å²) in [7, 11) is 0. The Balaban J connectivity index is 2.01. The molecule has 3 N–H and O–H groups in total. The zero-order valence-electron chi connectivity index (χ0n) is 13.7. The third-order valence-corrected chi connectivity index (χ3v) is 3.45. The first kappa shape index (κ1) is 18.2. The van der Waals surface area contributed by atoms with Gasteiger partial charge in [-0.05, 0) is 0 Å². The molecule has 9 heteroatoms. The van der Waals surface area contributed by atoms with Crippen molar-refractivity contribution in [1.29, 1.82) is 0 Å². The van der Waals surface area contributed by atoms with E-state index in [0.717, 1.165) is 0 Å². The van der Waals surface area contributed by atoms with E-state index in [1.54, 1.807) is 30.3 Å². The van der Waals surface area contributed by atoms with Crippen LogP contribution in [0.1, 0.15) is 0 Å². The Labute approximate surface area is 151 Å². The lowest BCUT2D eigenvalue weighted by Crippen LogP contribution is -2.15. The molecule has 3 aromatic rings. The molecule has 0 radical (unpaired) electrons. The quantitative estimate of drug-likeness (QED) is 0.608. The van der Waals surface area contributed by atoms with Crippen LogP contribution in [0.2, 0.25) is 0 Å². The minimum Gasteiger partial charge on any atom is -0.480 e. The van der Waals surface area contributed by atoms with E-state index < -0.39 is 35.7 Å². The fraction of sp³-hybridized carbons (Fsp3) is 0.0556. The molecule has 0 spiro atoms. The normalized spacial score (nSPS) is 10.5. The van der Waals surface area contributed by atoms with Gasteiger partial charge in [-0.3, -0.25) is 4.79 Å². The number of rotatable bonds is 6. The molecular formula is C18H13F3N4O2. The molecule has 0 aliphatic carbocycles. The molecule has 0 amide bonds. The first-order valence-electron chi connectivity index (χ1n) is 7.74. The summed E-state index contributed by atoms with van der Waals surface area (Å²) in [5.74, 6) is -4.49. The van der Waals surface area contributed by atoms with Gasteiger partial charge in [-0.15, -0.1) is 0 Å². The summed E-state index contributed by atoms with van der Waals surface area (Å²) in [6.45, 7) is -0.447. The van der Waals surface area contributed by atoms with Crippen LogP contribution in [-0.4, -0.2) is 27.6 Å². The Morgan fingerprint density at radius 2 is 1.67 bits per heavy atom. The molecule has 0 aliphatic rings. The van der Waals surface area contributed by atoms with Gasteiger partial charge in [-0.25, -0.2) is 18.2 Å². The van der Waals surface area contributed by atoms with Crippen LogP contribution in [-0.2, 0) is 4.79 Å². The van der Waals surface area contributed by atoms with E-state index in [4.69, 9.17) is 5.11 Å². The maximum Gasteiger partial charge on any atom is 0.322 e. The van der Waals surface area contributed by atoms with Crippen molar-refractivity contribution in [2.75, 3.05) is 17.2 Å². The van der Waals surface area contributed by atoms with E-state index >= 15 is 0 Å². The van der Waals surface area contributed by atoms with E-state index in [2.05, 4.69) is 20.6 Å². The van der Waals surface area contributed by atoms with Crippen molar-refractivity contribution in [3.63, 3.8) is 0 Å². The average molecular weight is 374 g/mol. The fourth-order valence-electron chi connectivity index (χ4n) is 2.29. The molecular weight excluding hydrogens is 361 g/mol. The van der Waals surface area contributed by atoms with Crippen molar-refractivity contribution < 1.29 is 23.1 Å². The lowest BCUT2D eigenvalue weighted by Gasteiger charge is -2.12. The molecule has 138 valence electrons. The van der Waals surface area contributed by atoms with Crippen LogP contribution in [0.25, 0.3) is 11.3 Å². The summed E-state index contributed by atoms with van der Waals surface area (Å²) in [6.07, 6.45) is 0. The minimum absolute atomic E-state index is 0.00106. The number of nitrogens with one attached hydrogen (secondary N) is 2. The number of aliphatic carboxylic acids is 1. The van der Waals surface area contributed by atoms with Crippen LogP contribution in [0, 0.1) is 17.5 Å². The maximum atomic E-state index is 13.9. The highest BCUT2D eigenvalue weighted by Crippen LogP contribution is 2.27. The van der Waals surface area contributed by atoms with E-state index in [1.165, 1.54) is 6.07 Å². The van der Waals surface area contributed by atoms with Crippen molar-refractivity contribution in [3.8, 4) is 11.3 Å². The predicted molar refractivity (Wildman–Crippen MR) is 93.2 cm³/mol. The van der Waals surface area contributed by atoms with E-state index in [0.29, 0.717) is 23.4 Å². The number of carbonyl (C=O) groups is 1. The number of aromatic nitrogens is 2. The number of carboxylic acid groups (broad SMARTS) is 1. The Morgan fingerprint density at radius 1 is 1.00 bits per heavy atom. The lowest BCUT2D eigenvalue weighted by molar-refractivity contribution is -0.134. The SMILES string of the molecule is O=C(O)CNc1nc(Nc2c(F)cc(F)cc2F)cc(-c2ccccc2)n1. The van der Waals surface area contributed by atoms with E-state index in [1.807, 2.05) is 0 Å². The van der Waals surface area contributed by atoms with E-state index in [9.17, 15) is 18.0 Å². The molecule has 0 saturated carbocycles. The Morgan fingerprint density at radius 3 is 2.30 bits per heavy atom. The predicted octanol–water partition coefficient (Wildman–Crippen LogP) is 3.80. The van der Waals surface area contributed by atoms with Crippen molar-refractivity contribution in [3.05, 3.63) is 66.0 Å². The monoisotopic (exact) mass is 374 g/mol. The zero-order chi connectivity index (χ0) is 19.4. The summed E-state index contributed by atoms with van der Waals surface area (Å²) >= 11 is 0. The summed E-state index contributed by atoms with van der Waals surface area (Å²) in [5.41, 5.74) is 0.489. The van der Waals surface area contributed by atoms with Gasteiger partial charge in [0.1, 0.15) is 23.9 Å². The van der Waals surface area contributed by atoms with Crippen LogP contribution in [0.5, 0.6) is 0 Å². The summed E-state index contributed by atoms with van der Waals surface area (Å²) in [6, 6.07) is 11.4. The number of hydrogen-bond donors (Lipinski definition) is 3. The van der Waals surface area contributed by atoms with Gasteiger partial charge in [0.05, 0.1) is 5.69 Å². The average Bonchev–Trinajstić information content (AvgIpc) is 2.63. The molecule has 1 aromatic heterocycles. The number of carboxylic acids is 1. The second-order valence-corrected chi connectivity index (χ2v) is 5.44. The molecule has 0 saturated heterocycles. The second-order valence-electron chi connectivity index (χ2n) is 5.44. The molecule has 0 aliphatic heterocycles. The maximum absolute atomic E-state index is 13.9. The number of nitrogens with zero attached hydrogens (tertiary/aromatic N) is 2. The standard InChI is InChI=1S/C18H13F3N4O2/c19-11-6-12(20)17(13(21)7-11)24-15-8-14(10-4-2-1-3-5-10)23-18(25-15)22-9-16(26)27/h1-8H,9H2,(H,26,27)(H2,22,23,24,25). The Kier molecular flexibility index (Phi) is 5.20. The highest BCUT2D eigenvalue weighted by molar-refractivity contribution is 5.73. The van der Waals surface area contributed by atoms with Gasteiger partial charge in [0.2, 0.25) is 5.95 Å². The molecule has 3 rings (SSSR count). The molecule has 0 fully saturated rings. The lowest BCUT2D eigenvalue weighted by atomic mass is 10.1. The van der Waals surface area contributed by atoms with Crippen LogP contribution in [0.4, 0.5) is 30.6 Å². The Hall–Kier alpha value is -3.62. The number of halogens is 3. The third kappa shape index (κ3) is 4.51. The van der Waals surface area contributed by atoms with Crippen molar-refractivity contribution in [2.45, 2.75) is 0 Å². The second kappa shape index (κ2) is 7.73. The summed E-state index contributed by atoms with van der Waals surface area (Å²) < 4.78 is 40.9. The molecule has 6 nitrogen and oxygen atoms in total. The largest absolute Gasteiger partial charge is 0.480 e. The minimum atomic E-state index is -1.13. The van der Waals surface area contributed by atoms with E-state index in [-0.39, 0.29) is 11.8 Å². The smallest absolute Gasteiger partial charge is 0.322 e. The number of benzene rings is 2. The Bertz CT molecular complexity index is 961. The van der Waals surface area contributed by atoms with Crippen molar-refractivity contribution >= 4 is 23.4 Å². The first-order chi connectivity index (χ1) is 12.9. The van der Waals surface area contributed by atoms with Gasteiger partial charge in [-0.2, -0.15) is 4.98 Å².